The van der Waals surface area contributed by atoms with Crippen molar-refractivity contribution >= 4 is 29.1 Å². The lowest BCUT2D eigenvalue weighted by Crippen LogP contribution is -2.23. The van der Waals surface area contributed by atoms with Crippen LogP contribution >= 0.6 is 11.6 Å². The first-order valence-electron chi connectivity index (χ1n) is 8.59. The van der Waals surface area contributed by atoms with E-state index >= 15 is 0 Å². The molecular formula is C20H22ClN5. The minimum absolute atomic E-state index is 0.433. The van der Waals surface area contributed by atoms with Crippen LogP contribution in [0, 0.1) is 13.8 Å². The Bertz CT molecular complexity index is 859. The van der Waals surface area contributed by atoms with E-state index in [0.717, 1.165) is 35.7 Å². The molecule has 6 heteroatoms. The molecule has 0 aliphatic rings. The van der Waals surface area contributed by atoms with Crippen LogP contribution in [-0.4, -0.2) is 21.7 Å². The van der Waals surface area contributed by atoms with Crippen molar-refractivity contribution in [2.45, 2.75) is 27.3 Å². The monoisotopic (exact) mass is 367 g/mol. The van der Waals surface area contributed by atoms with Crippen molar-refractivity contribution in [3.8, 4) is 0 Å². The van der Waals surface area contributed by atoms with Crippen molar-refractivity contribution in [2.75, 3.05) is 16.8 Å². The summed E-state index contributed by atoms with van der Waals surface area (Å²) in [5, 5.41) is 12.1. The quantitative estimate of drug-likeness (QED) is 0.670. The van der Waals surface area contributed by atoms with Crippen LogP contribution in [0.3, 0.4) is 0 Å². The largest absolute Gasteiger partial charge is 0.351 e. The zero-order chi connectivity index (χ0) is 18.5. The maximum atomic E-state index is 6.37. The second-order valence-electron chi connectivity index (χ2n) is 6.20. The van der Waals surface area contributed by atoms with E-state index in [1.165, 1.54) is 5.56 Å². The topological polar surface area (TPSA) is 53.9 Å². The molecule has 0 saturated heterocycles. The number of anilines is 3. The predicted molar refractivity (Wildman–Crippen MR) is 107 cm³/mol. The SMILES string of the molecule is CCN(Cc1ccccc1)c1cnnc(Nc2c(C)cc(C)cc2Cl)n1. The molecule has 134 valence electrons. The first-order valence-corrected chi connectivity index (χ1v) is 8.97. The molecule has 0 fully saturated rings. The van der Waals surface area contributed by atoms with Gasteiger partial charge in [-0.3, -0.25) is 0 Å². The molecule has 0 aliphatic carbocycles. The Morgan fingerprint density at radius 3 is 2.58 bits per heavy atom. The molecule has 0 amide bonds. The van der Waals surface area contributed by atoms with Crippen LogP contribution in [0.25, 0.3) is 0 Å². The molecule has 1 N–H and O–H groups in total. The number of benzene rings is 2. The molecule has 0 unspecified atom stereocenters. The molecule has 5 nitrogen and oxygen atoms in total. The fourth-order valence-corrected chi connectivity index (χ4v) is 3.21. The van der Waals surface area contributed by atoms with E-state index in [1.807, 2.05) is 38.1 Å². The van der Waals surface area contributed by atoms with Crippen LogP contribution in [0.5, 0.6) is 0 Å². The highest BCUT2D eigenvalue weighted by Crippen LogP contribution is 2.29. The highest BCUT2D eigenvalue weighted by Gasteiger charge is 2.12. The molecule has 0 atom stereocenters. The molecule has 0 aliphatic heterocycles. The van der Waals surface area contributed by atoms with E-state index in [1.54, 1.807) is 6.20 Å². The van der Waals surface area contributed by atoms with Gasteiger partial charge in [-0.15, -0.1) is 5.10 Å². The van der Waals surface area contributed by atoms with Crippen molar-refractivity contribution in [3.63, 3.8) is 0 Å². The molecule has 0 saturated carbocycles. The molecule has 1 aromatic heterocycles. The van der Waals surface area contributed by atoms with Gasteiger partial charge in [0.2, 0.25) is 5.95 Å². The number of hydrogen-bond acceptors (Lipinski definition) is 5. The van der Waals surface area contributed by atoms with E-state index in [-0.39, 0.29) is 0 Å². The average molecular weight is 368 g/mol. The molecule has 26 heavy (non-hydrogen) atoms. The van der Waals surface area contributed by atoms with Gasteiger partial charge in [0.15, 0.2) is 5.82 Å². The van der Waals surface area contributed by atoms with Crippen molar-refractivity contribution in [1.82, 2.24) is 15.2 Å². The van der Waals surface area contributed by atoms with Crippen LogP contribution in [0.15, 0.2) is 48.7 Å². The van der Waals surface area contributed by atoms with Gasteiger partial charge < -0.3 is 10.2 Å². The van der Waals surface area contributed by atoms with E-state index in [9.17, 15) is 0 Å². The maximum Gasteiger partial charge on any atom is 0.249 e. The van der Waals surface area contributed by atoms with Crippen molar-refractivity contribution in [2.24, 2.45) is 0 Å². The van der Waals surface area contributed by atoms with E-state index in [4.69, 9.17) is 11.6 Å². The van der Waals surface area contributed by atoms with Gasteiger partial charge >= 0.3 is 0 Å². The summed E-state index contributed by atoms with van der Waals surface area (Å²) in [6, 6.07) is 14.3. The minimum atomic E-state index is 0.433. The van der Waals surface area contributed by atoms with Crippen molar-refractivity contribution < 1.29 is 0 Å². The standard InChI is InChI=1S/C20H22ClN5/c1-4-26(13-16-8-6-5-7-9-16)18-12-22-25-20(23-18)24-19-15(3)10-14(2)11-17(19)21/h5-12H,4,13H2,1-3H3,(H,23,24,25). The zero-order valence-electron chi connectivity index (χ0n) is 15.2. The molecule has 3 rings (SSSR count). The number of halogens is 1. The molecular weight excluding hydrogens is 346 g/mol. The van der Waals surface area contributed by atoms with Gasteiger partial charge in [0.05, 0.1) is 16.9 Å². The normalized spacial score (nSPS) is 10.6. The minimum Gasteiger partial charge on any atom is -0.351 e. The predicted octanol–water partition coefficient (Wildman–Crippen LogP) is 4.91. The van der Waals surface area contributed by atoms with Gasteiger partial charge in [-0.05, 0) is 43.5 Å². The number of nitrogens with one attached hydrogen (secondary N) is 1. The van der Waals surface area contributed by atoms with Crippen LogP contribution in [0.4, 0.5) is 17.5 Å². The van der Waals surface area contributed by atoms with Gasteiger partial charge in [-0.2, -0.15) is 10.1 Å². The zero-order valence-corrected chi connectivity index (χ0v) is 16.0. The Morgan fingerprint density at radius 1 is 1.12 bits per heavy atom. The van der Waals surface area contributed by atoms with Crippen molar-refractivity contribution in [3.05, 3.63) is 70.4 Å². The fourth-order valence-electron chi connectivity index (χ4n) is 2.84. The van der Waals surface area contributed by atoms with Crippen molar-refractivity contribution in [1.29, 1.82) is 0 Å². The Morgan fingerprint density at radius 2 is 1.88 bits per heavy atom. The molecule has 1 heterocycles. The summed E-state index contributed by atoms with van der Waals surface area (Å²) in [6.07, 6.45) is 1.68. The number of rotatable bonds is 6. The van der Waals surface area contributed by atoms with E-state index in [0.29, 0.717) is 11.0 Å². The third-order valence-electron chi connectivity index (χ3n) is 4.14. The van der Waals surface area contributed by atoms with Crippen LogP contribution in [0.2, 0.25) is 5.02 Å². The van der Waals surface area contributed by atoms with Gasteiger partial charge in [0.25, 0.3) is 0 Å². The molecule has 2 aromatic carbocycles. The molecule has 3 aromatic rings. The van der Waals surface area contributed by atoms with Gasteiger partial charge in [0, 0.05) is 13.1 Å². The smallest absolute Gasteiger partial charge is 0.249 e. The Kier molecular flexibility index (Phi) is 5.68. The molecule has 0 spiro atoms. The Labute approximate surface area is 159 Å². The third-order valence-corrected chi connectivity index (χ3v) is 4.43. The van der Waals surface area contributed by atoms with E-state index in [2.05, 4.69) is 50.5 Å². The van der Waals surface area contributed by atoms with E-state index < -0.39 is 0 Å². The Hall–Kier alpha value is -2.66. The lowest BCUT2D eigenvalue weighted by Gasteiger charge is -2.22. The summed E-state index contributed by atoms with van der Waals surface area (Å²) in [4.78, 5) is 6.77. The lowest BCUT2D eigenvalue weighted by molar-refractivity contribution is 0.798. The summed E-state index contributed by atoms with van der Waals surface area (Å²) in [6.45, 7) is 7.70. The van der Waals surface area contributed by atoms with Crippen LogP contribution < -0.4 is 10.2 Å². The number of nitrogens with zero attached hydrogens (tertiary/aromatic N) is 4. The van der Waals surface area contributed by atoms with Crippen LogP contribution in [0.1, 0.15) is 23.6 Å². The Balaban J connectivity index is 1.83. The first kappa shape index (κ1) is 18.1. The first-order chi connectivity index (χ1) is 12.6. The second-order valence-corrected chi connectivity index (χ2v) is 6.61. The summed E-state index contributed by atoms with van der Waals surface area (Å²) < 4.78 is 0. The van der Waals surface area contributed by atoms with Gasteiger partial charge in [0.1, 0.15) is 0 Å². The summed E-state index contributed by atoms with van der Waals surface area (Å²) in [7, 11) is 0. The lowest BCUT2D eigenvalue weighted by atomic mass is 10.1. The molecule has 0 radical (unpaired) electrons. The molecule has 0 bridgehead atoms. The third kappa shape index (κ3) is 4.29. The second kappa shape index (κ2) is 8.15. The highest BCUT2D eigenvalue weighted by atomic mass is 35.5. The summed E-state index contributed by atoms with van der Waals surface area (Å²) in [5.74, 6) is 1.21. The summed E-state index contributed by atoms with van der Waals surface area (Å²) in [5.41, 5.74) is 4.19. The fraction of sp³-hybridized carbons (Fsp3) is 0.250. The highest BCUT2D eigenvalue weighted by molar-refractivity contribution is 6.33. The van der Waals surface area contributed by atoms with Gasteiger partial charge in [-0.1, -0.05) is 48.0 Å². The van der Waals surface area contributed by atoms with Crippen LogP contribution in [-0.2, 0) is 6.54 Å². The average Bonchev–Trinajstić information content (AvgIpc) is 2.64. The van der Waals surface area contributed by atoms with Gasteiger partial charge in [-0.25, -0.2) is 0 Å². The maximum absolute atomic E-state index is 6.37. The number of aromatic nitrogens is 3. The number of hydrogen-bond donors (Lipinski definition) is 1. The summed E-state index contributed by atoms with van der Waals surface area (Å²) >= 11 is 6.37. The number of aryl methyl sites for hydroxylation is 2.